The smallest absolute Gasteiger partial charge is 0.243 e. The molecule has 2 N–H and O–H groups in total. The summed E-state index contributed by atoms with van der Waals surface area (Å²) in [5.74, 6) is 1.00. The minimum atomic E-state index is -0.207. The zero-order valence-electron chi connectivity index (χ0n) is 11.2. The lowest BCUT2D eigenvalue weighted by Gasteiger charge is -2.02. The molecule has 3 aromatic rings. The van der Waals surface area contributed by atoms with Gasteiger partial charge in [0.1, 0.15) is 0 Å². The molecule has 0 fully saturated rings. The van der Waals surface area contributed by atoms with Crippen molar-refractivity contribution in [2.45, 2.75) is 25.8 Å². The van der Waals surface area contributed by atoms with E-state index in [2.05, 4.69) is 27.0 Å². The summed E-state index contributed by atoms with van der Waals surface area (Å²) in [6.45, 7) is 2.07. The second-order valence-corrected chi connectivity index (χ2v) is 4.61. The number of rotatable bonds is 4. The minimum Gasteiger partial charge on any atom is -0.337 e. The number of hydrogen-bond donors (Lipinski definition) is 1. The molecule has 1 atom stereocenters. The van der Waals surface area contributed by atoms with Crippen molar-refractivity contribution in [2.24, 2.45) is 5.73 Å². The maximum Gasteiger partial charge on any atom is 0.243 e. The van der Waals surface area contributed by atoms with Gasteiger partial charge in [-0.3, -0.25) is 9.97 Å². The van der Waals surface area contributed by atoms with Crippen LogP contribution >= 0.6 is 0 Å². The fraction of sp³-hybridized carbons (Fsp3) is 0.286. The second kappa shape index (κ2) is 5.34. The molecule has 0 aliphatic heterocycles. The summed E-state index contributed by atoms with van der Waals surface area (Å²) >= 11 is 0. The highest BCUT2D eigenvalue weighted by Gasteiger charge is 2.15. The van der Waals surface area contributed by atoms with Crippen LogP contribution in [0.25, 0.3) is 22.4 Å². The molecule has 2 aromatic heterocycles. The molecule has 0 aliphatic carbocycles. The summed E-state index contributed by atoms with van der Waals surface area (Å²) in [5.41, 5.74) is 8.45. The molecule has 1 aromatic carbocycles. The van der Waals surface area contributed by atoms with Gasteiger partial charge in [0.2, 0.25) is 11.7 Å². The molecule has 0 unspecified atom stereocenters. The number of nitrogens with zero attached hydrogens (tertiary/aromatic N) is 4. The summed E-state index contributed by atoms with van der Waals surface area (Å²) < 4.78 is 5.22. The van der Waals surface area contributed by atoms with Crippen LogP contribution in [0.5, 0.6) is 0 Å². The molecule has 102 valence electrons. The number of benzene rings is 1. The Morgan fingerprint density at radius 2 is 2.00 bits per heavy atom. The van der Waals surface area contributed by atoms with Crippen LogP contribution in [0.1, 0.15) is 31.7 Å². The van der Waals surface area contributed by atoms with Gasteiger partial charge in [-0.1, -0.05) is 18.5 Å². The number of nitrogens with two attached hydrogens (primary N) is 1. The Balaban J connectivity index is 1.94. The molecular weight excluding hydrogens is 254 g/mol. The van der Waals surface area contributed by atoms with E-state index < -0.39 is 0 Å². The number of aromatic nitrogens is 4. The summed E-state index contributed by atoms with van der Waals surface area (Å²) in [7, 11) is 0. The second-order valence-electron chi connectivity index (χ2n) is 4.61. The lowest BCUT2D eigenvalue weighted by atomic mass is 10.1. The molecule has 2 heterocycles. The van der Waals surface area contributed by atoms with Crippen molar-refractivity contribution in [3.8, 4) is 11.4 Å². The molecule has 20 heavy (non-hydrogen) atoms. The van der Waals surface area contributed by atoms with Gasteiger partial charge in [-0.05, 0) is 24.6 Å². The van der Waals surface area contributed by atoms with Crippen molar-refractivity contribution in [2.75, 3.05) is 0 Å². The van der Waals surface area contributed by atoms with Crippen LogP contribution in [0.4, 0.5) is 0 Å². The normalized spacial score (nSPS) is 12.7. The van der Waals surface area contributed by atoms with Crippen molar-refractivity contribution < 1.29 is 4.52 Å². The van der Waals surface area contributed by atoms with Gasteiger partial charge in [0.15, 0.2) is 0 Å². The summed E-state index contributed by atoms with van der Waals surface area (Å²) in [6.07, 6.45) is 5.12. The van der Waals surface area contributed by atoms with Gasteiger partial charge in [0.05, 0.1) is 17.1 Å². The first-order valence-corrected chi connectivity index (χ1v) is 6.58. The predicted octanol–water partition coefficient (Wildman–Crippen LogP) is 2.48. The topological polar surface area (TPSA) is 90.7 Å². The fourth-order valence-electron chi connectivity index (χ4n) is 2.04. The SMILES string of the molecule is CCC[C@@H](N)c1nc(-c2ccc3nccnc3c2)no1. The van der Waals surface area contributed by atoms with Crippen LogP contribution in [0.3, 0.4) is 0 Å². The van der Waals surface area contributed by atoms with E-state index in [4.69, 9.17) is 10.3 Å². The van der Waals surface area contributed by atoms with Crippen molar-refractivity contribution >= 4 is 11.0 Å². The van der Waals surface area contributed by atoms with Crippen molar-refractivity contribution in [3.63, 3.8) is 0 Å². The Hall–Kier alpha value is -2.34. The van der Waals surface area contributed by atoms with Gasteiger partial charge in [-0.25, -0.2) is 0 Å². The zero-order chi connectivity index (χ0) is 13.9. The van der Waals surface area contributed by atoms with E-state index in [0.717, 1.165) is 29.4 Å². The first-order valence-electron chi connectivity index (χ1n) is 6.58. The zero-order valence-corrected chi connectivity index (χ0v) is 11.2. The van der Waals surface area contributed by atoms with Crippen molar-refractivity contribution in [1.29, 1.82) is 0 Å². The van der Waals surface area contributed by atoms with E-state index in [1.54, 1.807) is 12.4 Å². The molecule has 0 saturated heterocycles. The lowest BCUT2D eigenvalue weighted by Crippen LogP contribution is -2.09. The van der Waals surface area contributed by atoms with Crippen molar-refractivity contribution in [1.82, 2.24) is 20.1 Å². The molecule has 0 spiro atoms. The molecule has 6 heteroatoms. The van der Waals surface area contributed by atoms with Gasteiger partial charge >= 0.3 is 0 Å². The molecule has 6 nitrogen and oxygen atoms in total. The molecule has 0 bridgehead atoms. The van der Waals surface area contributed by atoms with E-state index in [9.17, 15) is 0 Å². The van der Waals surface area contributed by atoms with E-state index in [1.807, 2.05) is 18.2 Å². The summed E-state index contributed by atoms with van der Waals surface area (Å²) in [4.78, 5) is 12.8. The Bertz CT molecular complexity index is 724. The monoisotopic (exact) mass is 269 g/mol. The molecule has 0 radical (unpaired) electrons. The van der Waals surface area contributed by atoms with Crippen LogP contribution in [0.2, 0.25) is 0 Å². The van der Waals surface area contributed by atoms with Crippen LogP contribution in [0, 0.1) is 0 Å². The third-order valence-corrected chi connectivity index (χ3v) is 3.09. The largest absolute Gasteiger partial charge is 0.337 e. The molecular formula is C14H15N5O. The van der Waals surface area contributed by atoms with Gasteiger partial charge in [0.25, 0.3) is 0 Å². The molecule has 0 aliphatic rings. The minimum absolute atomic E-state index is 0.207. The average molecular weight is 269 g/mol. The quantitative estimate of drug-likeness (QED) is 0.782. The summed E-state index contributed by atoms with van der Waals surface area (Å²) in [5, 5.41) is 3.98. The van der Waals surface area contributed by atoms with Crippen LogP contribution in [-0.4, -0.2) is 20.1 Å². The highest BCUT2D eigenvalue weighted by atomic mass is 16.5. The van der Waals surface area contributed by atoms with Crippen LogP contribution in [-0.2, 0) is 0 Å². The Morgan fingerprint density at radius 1 is 1.20 bits per heavy atom. The lowest BCUT2D eigenvalue weighted by molar-refractivity contribution is 0.348. The highest BCUT2D eigenvalue weighted by Crippen LogP contribution is 2.22. The van der Waals surface area contributed by atoms with Gasteiger partial charge in [0, 0.05) is 18.0 Å². The maximum absolute atomic E-state index is 5.97. The van der Waals surface area contributed by atoms with E-state index >= 15 is 0 Å². The van der Waals surface area contributed by atoms with E-state index in [1.165, 1.54) is 0 Å². The molecule has 3 rings (SSSR count). The maximum atomic E-state index is 5.97. The van der Waals surface area contributed by atoms with E-state index in [0.29, 0.717) is 11.7 Å². The summed E-state index contributed by atoms with van der Waals surface area (Å²) in [6, 6.07) is 5.47. The van der Waals surface area contributed by atoms with Gasteiger partial charge in [-0.2, -0.15) is 4.98 Å². The van der Waals surface area contributed by atoms with Crippen LogP contribution in [0.15, 0.2) is 35.1 Å². The van der Waals surface area contributed by atoms with Gasteiger partial charge < -0.3 is 10.3 Å². The van der Waals surface area contributed by atoms with E-state index in [-0.39, 0.29) is 6.04 Å². The standard InChI is InChI=1S/C14H15N5O/c1-2-3-10(15)14-18-13(19-20-14)9-4-5-11-12(8-9)17-7-6-16-11/h4-8,10H,2-3,15H2,1H3/t10-/m1/s1. The third-order valence-electron chi connectivity index (χ3n) is 3.09. The number of fused-ring (bicyclic) bond motifs is 1. The Kier molecular flexibility index (Phi) is 3.39. The first-order chi connectivity index (χ1) is 9.78. The van der Waals surface area contributed by atoms with Crippen LogP contribution < -0.4 is 5.73 Å². The average Bonchev–Trinajstić information content (AvgIpc) is 2.97. The molecule has 0 amide bonds. The van der Waals surface area contributed by atoms with Gasteiger partial charge in [-0.15, -0.1) is 0 Å². The fourth-order valence-corrected chi connectivity index (χ4v) is 2.04. The predicted molar refractivity (Wildman–Crippen MR) is 74.7 cm³/mol. The Labute approximate surface area is 116 Å². The first kappa shape index (κ1) is 12.7. The third kappa shape index (κ3) is 2.37. The highest BCUT2D eigenvalue weighted by molar-refractivity contribution is 5.79. The molecule has 0 saturated carbocycles. The Morgan fingerprint density at radius 3 is 2.80 bits per heavy atom. The number of hydrogen-bond acceptors (Lipinski definition) is 6. The van der Waals surface area contributed by atoms with Crippen molar-refractivity contribution in [3.05, 3.63) is 36.5 Å².